The van der Waals surface area contributed by atoms with Crippen molar-refractivity contribution in [2.75, 3.05) is 0 Å². The average molecular weight is 331 g/mol. The van der Waals surface area contributed by atoms with Crippen LogP contribution in [0.25, 0.3) is 0 Å². The predicted molar refractivity (Wildman–Crippen MR) is 82.0 cm³/mol. The standard InChI is InChI=1S/C15H23BrOS/c1-10-4-5-13(14(17)6-10)15(2,3)8-12-7-11(16)9-18-12/h7,9-10,13-14,17H,4-6,8H2,1-3H3. The first-order valence-electron chi connectivity index (χ1n) is 6.79. The van der Waals surface area contributed by atoms with Crippen LogP contribution in [-0.2, 0) is 6.42 Å². The first kappa shape index (κ1) is 14.5. The van der Waals surface area contributed by atoms with E-state index >= 15 is 0 Å². The number of hydrogen-bond donors (Lipinski definition) is 1. The van der Waals surface area contributed by atoms with Gasteiger partial charge in [-0.25, -0.2) is 0 Å². The fourth-order valence-corrected chi connectivity index (χ4v) is 4.98. The molecule has 3 heteroatoms. The van der Waals surface area contributed by atoms with E-state index in [1.807, 2.05) is 11.3 Å². The summed E-state index contributed by atoms with van der Waals surface area (Å²) in [6.45, 7) is 6.87. The number of halogens is 1. The molecule has 0 saturated heterocycles. The molecule has 0 radical (unpaired) electrons. The number of rotatable bonds is 3. The summed E-state index contributed by atoms with van der Waals surface area (Å²) in [4.78, 5) is 1.41. The maximum absolute atomic E-state index is 10.4. The van der Waals surface area contributed by atoms with Crippen LogP contribution in [0.3, 0.4) is 0 Å². The van der Waals surface area contributed by atoms with Crippen molar-refractivity contribution >= 4 is 27.3 Å². The van der Waals surface area contributed by atoms with Crippen molar-refractivity contribution in [1.29, 1.82) is 0 Å². The second-order valence-electron chi connectivity index (χ2n) is 6.49. The molecule has 3 unspecified atom stereocenters. The summed E-state index contributed by atoms with van der Waals surface area (Å²) >= 11 is 5.33. The van der Waals surface area contributed by atoms with Crippen LogP contribution in [0.4, 0.5) is 0 Å². The van der Waals surface area contributed by atoms with Gasteiger partial charge in [-0.2, -0.15) is 0 Å². The van der Waals surface area contributed by atoms with Gasteiger partial charge in [0.1, 0.15) is 0 Å². The van der Waals surface area contributed by atoms with Crippen LogP contribution in [0, 0.1) is 17.3 Å². The summed E-state index contributed by atoms with van der Waals surface area (Å²) in [6, 6.07) is 2.21. The quantitative estimate of drug-likeness (QED) is 0.837. The van der Waals surface area contributed by atoms with Crippen LogP contribution in [0.2, 0.25) is 0 Å². The Hall–Kier alpha value is 0.140. The Labute approximate surface area is 123 Å². The van der Waals surface area contributed by atoms with E-state index in [1.165, 1.54) is 22.2 Å². The predicted octanol–water partition coefficient (Wildman–Crippen LogP) is 4.88. The highest BCUT2D eigenvalue weighted by molar-refractivity contribution is 9.10. The van der Waals surface area contributed by atoms with Crippen LogP contribution in [0.1, 0.15) is 44.9 Å². The highest BCUT2D eigenvalue weighted by Crippen LogP contribution is 2.43. The molecule has 1 saturated carbocycles. The summed E-state index contributed by atoms with van der Waals surface area (Å²) < 4.78 is 1.18. The lowest BCUT2D eigenvalue weighted by atomic mass is 9.66. The molecule has 0 spiro atoms. The molecule has 3 atom stereocenters. The lowest BCUT2D eigenvalue weighted by Gasteiger charge is -2.42. The molecular formula is C15H23BrOS. The van der Waals surface area contributed by atoms with Crippen molar-refractivity contribution in [1.82, 2.24) is 0 Å². The fraction of sp³-hybridized carbons (Fsp3) is 0.733. The van der Waals surface area contributed by atoms with E-state index in [9.17, 15) is 5.11 Å². The second-order valence-corrected chi connectivity index (χ2v) is 8.40. The van der Waals surface area contributed by atoms with Gasteiger partial charge in [0.2, 0.25) is 0 Å². The van der Waals surface area contributed by atoms with Crippen LogP contribution in [0.15, 0.2) is 15.9 Å². The Balaban J connectivity index is 2.05. The zero-order valence-electron chi connectivity index (χ0n) is 11.4. The van der Waals surface area contributed by atoms with E-state index in [0.29, 0.717) is 11.8 Å². The van der Waals surface area contributed by atoms with Gasteiger partial charge >= 0.3 is 0 Å². The number of aliphatic hydroxyl groups is 1. The van der Waals surface area contributed by atoms with E-state index in [1.54, 1.807) is 0 Å². The van der Waals surface area contributed by atoms with Crippen molar-refractivity contribution in [2.45, 2.75) is 52.6 Å². The smallest absolute Gasteiger partial charge is 0.0576 e. The lowest BCUT2D eigenvalue weighted by Crippen LogP contribution is -2.39. The van der Waals surface area contributed by atoms with Crippen molar-refractivity contribution in [3.8, 4) is 0 Å². The van der Waals surface area contributed by atoms with E-state index in [4.69, 9.17) is 0 Å². The monoisotopic (exact) mass is 330 g/mol. The SMILES string of the molecule is CC1CCC(C(C)(C)Cc2cc(Br)cs2)C(O)C1. The molecular weight excluding hydrogens is 308 g/mol. The zero-order valence-corrected chi connectivity index (χ0v) is 13.9. The summed E-state index contributed by atoms with van der Waals surface area (Å²) in [7, 11) is 0. The van der Waals surface area contributed by atoms with Crippen molar-refractivity contribution in [3.63, 3.8) is 0 Å². The average Bonchev–Trinajstić information content (AvgIpc) is 2.62. The normalized spacial score (nSPS) is 29.5. The first-order valence-corrected chi connectivity index (χ1v) is 8.47. The van der Waals surface area contributed by atoms with E-state index < -0.39 is 0 Å². The van der Waals surface area contributed by atoms with Gasteiger partial charge in [-0.1, -0.05) is 27.2 Å². The van der Waals surface area contributed by atoms with Gasteiger partial charge in [0.25, 0.3) is 0 Å². The van der Waals surface area contributed by atoms with E-state index in [0.717, 1.165) is 12.8 Å². The van der Waals surface area contributed by atoms with Crippen molar-refractivity contribution in [3.05, 3.63) is 20.8 Å². The highest BCUT2D eigenvalue weighted by Gasteiger charge is 2.38. The lowest BCUT2D eigenvalue weighted by molar-refractivity contribution is -0.0122. The molecule has 0 aromatic carbocycles. The molecule has 18 heavy (non-hydrogen) atoms. The third kappa shape index (κ3) is 3.37. The molecule has 1 aliphatic rings. The van der Waals surface area contributed by atoms with Gasteiger partial charge in [0.05, 0.1) is 6.10 Å². The third-order valence-corrected chi connectivity index (χ3v) is 6.03. The Morgan fingerprint density at radius 1 is 1.44 bits per heavy atom. The largest absolute Gasteiger partial charge is 0.393 e. The van der Waals surface area contributed by atoms with Gasteiger partial charge in [-0.3, -0.25) is 0 Å². The zero-order chi connectivity index (χ0) is 13.3. The Kier molecular flexibility index (Phi) is 4.56. The molecule has 1 N–H and O–H groups in total. The topological polar surface area (TPSA) is 20.2 Å². The fourth-order valence-electron chi connectivity index (χ4n) is 3.29. The first-order chi connectivity index (χ1) is 8.38. The van der Waals surface area contributed by atoms with Gasteiger partial charge in [0.15, 0.2) is 0 Å². The number of thiophene rings is 1. The van der Waals surface area contributed by atoms with Crippen LogP contribution in [-0.4, -0.2) is 11.2 Å². The maximum atomic E-state index is 10.4. The minimum Gasteiger partial charge on any atom is -0.393 e. The molecule has 0 bridgehead atoms. The molecule has 102 valence electrons. The molecule has 1 heterocycles. The Morgan fingerprint density at radius 3 is 2.72 bits per heavy atom. The molecule has 1 nitrogen and oxygen atoms in total. The molecule has 1 aromatic heterocycles. The molecule has 1 fully saturated rings. The second kappa shape index (κ2) is 5.64. The highest BCUT2D eigenvalue weighted by atomic mass is 79.9. The van der Waals surface area contributed by atoms with E-state index in [-0.39, 0.29) is 11.5 Å². The summed E-state index contributed by atoms with van der Waals surface area (Å²) in [5, 5.41) is 12.5. The van der Waals surface area contributed by atoms with Gasteiger partial charge < -0.3 is 5.11 Å². The van der Waals surface area contributed by atoms with Crippen LogP contribution >= 0.6 is 27.3 Å². The van der Waals surface area contributed by atoms with Crippen molar-refractivity contribution < 1.29 is 5.11 Å². The summed E-state index contributed by atoms with van der Waals surface area (Å²) in [5.74, 6) is 1.12. The van der Waals surface area contributed by atoms with E-state index in [2.05, 4.69) is 48.1 Å². The van der Waals surface area contributed by atoms with Crippen LogP contribution in [0.5, 0.6) is 0 Å². The molecule has 0 amide bonds. The molecule has 1 aromatic rings. The summed E-state index contributed by atoms with van der Waals surface area (Å²) in [6.07, 6.45) is 4.36. The Morgan fingerprint density at radius 2 is 2.17 bits per heavy atom. The minimum atomic E-state index is -0.118. The van der Waals surface area contributed by atoms with Gasteiger partial charge in [-0.05, 0) is 58.5 Å². The molecule has 0 aliphatic heterocycles. The van der Waals surface area contributed by atoms with Gasteiger partial charge in [0, 0.05) is 14.7 Å². The molecule has 2 rings (SSSR count). The number of hydrogen-bond acceptors (Lipinski definition) is 2. The minimum absolute atomic E-state index is 0.118. The van der Waals surface area contributed by atoms with Gasteiger partial charge in [-0.15, -0.1) is 11.3 Å². The third-order valence-electron chi connectivity index (χ3n) is 4.33. The molecule has 1 aliphatic carbocycles. The summed E-state index contributed by atoms with van der Waals surface area (Å²) in [5.41, 5.74) is 0.184. The van der Waals surface area contributed by atoms with Crippen LogP contribution < -0.4 is 0 Å². The Bertz CT molecular complexity index is 399. The number of aliphatic hydroxyl groups excluding tert-OH is 1. The van der Waals surface area contributed by atoms with Crippen molar-refractivity contribution in [2.24, 2.45) is 17.3 Å². The maximum Gasteiger partial charge on any atom is 0.0576 e.